The van der Waals surface area contributed by atoms with Crippen LogP contribution in [0.25, 0.3) is 0 Å². The fourth-order valence-corrected chi connectivity index (χ4v) is 1.26. The number of nitrogens with zero attached hydrogens (tertiary/aromatic N) is 2. The lowest BCUT2D eigenvalue weighted by Gasteiger charge is -2.09. The van der Waals surface area contributed by atoms with Gasteiger partial charge in [0.15, 0.2) is 0 Å². The zero-order valence-electron chi connectivity index (χ0n) is 10.4. The number of aryl methyl sites for hydroxylation is 1. The molecule has 0 aromatic carbocycles. The van der Waals surface area contributed by atoms with Crippen LogP contribution in [0.1, 0.15) is 12.6 Å². The van der Waals surface area contributed by atoms with Gasteiger partial charge in [-0.05, 0) is 6.92 Å². The molecule has 0 radical (unpaired) electrons. The zero-order valence-corrected chi connectivity index (χ0v) is 10.4. The second kappa shape index (κ2) is 5.89. The van der Waals surface area contributed by atoms with Crippen LogP contribution in [-0.4, -0.2) is 40.0 Å². The summed E-state index contributed by atoms with van der Waals surface area (Å²) in [5, 5.41) is 17.5. The van der Waals surface area contributed by atoms with Crippen LogP contribution in [0.5, 0.6) is 5.88 Å². The molecule has 1 aromatic rings. The number of amides is 2. The van der Waals surface area contributed by atoms with Crippen LogP contribution in [0.15, 0.2) is 6.07 Å². The summed E-state index contributed by atoms with van der Waals surface area (Å²) in [6, 6.07) is 0.179. The number of hydrogen-bond donors (Lipinski definition) is 3. The largest absolute Gasteiger partial charge is 0.481 e. The van der Waals surface area contributed by atoms with Gasteiger partial charge < -0.3 is 20.5 Å². The Balaban J connectivity index is 2.44. The van der Waals surface area contributed by atoms with E-state index in [1.165, 1.54) is 18.7 Å². The molecule has 0 spiro atoms. The molecule has 0 bridgehead atoms. The van der Waals surface area contributed by atoms with Gasteiger partial charge in [-0.25, -0.2) is 9.48 Å². The van der Waals surface area contributed by atoms with Gasteiger partial charge in [0.2, 0.25) is 5.88 Å². The highest BCUT2D eigenvalue weighted by atomic mass is 16.5. The van der Waals surface area contributed by atoms with Crippen LogP contribution in [-0.2, 0) is 18.4 Å². The first-order valence-corrected chi connectivity index (χ1v) is 5.28. The van der Waals surface area contributed by atoms with E-state index in [1.54, 1.807) is 13.1 Å². The second-order valence-electron chi connectivity index (χ2n) is 3.69. The number of aliphatic carboxylic acids is 1. The molecule has 1 aromatic heterocycles. The number of rotatable bonds is 5. The average Bonchev–Trinajstić information content (AvgIpc) is 2.67. The Hall–Kier alpha value is -2.25. The van der Waals surface area contributed by atoms with Crippen LogP contribution in [0.3, 0.4) is 0 Å². The number of carboxylic acids is 1. The Labute approximate surface area is 104 Å². The normalized spacial score (nSPS) is 11.7. The van der Waals surface area contributed by atoms with Crippen molar-refractivity contribution in [2.45, 2.75) is 19.5 Å². The van der Waals surface area contributed by atoms with E-state index in [0.717, 1.165) is 0 Å². The van der Waals surface area contributed by atoms with Crippen molar-refractivity contribution in [1.82, 2.24) is 20.4 Å². The van der Waals surface area contributed by atoms with E-state index in [-0.39, 0.29) is 6.54 Å². The summed E-state index contributed by atoms with van der Waals surface area (Å²) < 4.78 is 6.56. The van der Waals surface area contributed by atoms with Gasteiger partial charge in [-0.1, -0.05) is 0 Å². The summed E-state index contributed by atoms with van der Waals surface area (Å²) in [6.45, 7) is 1.57. The smallest absolute Gasteiger partial charge is 0.325 e. The number of carbonyl (C=O) groups excluding carboxylic acids is 1. The standard InChI is InChI=1S/C10H16N4O4/c1-6(9(15)16)12-10(17)11-5-7-4-8(18-3)14(2)13-7/h4,6H,5H2,1-3H3,(H,15,16)(H2,11,12,17)/t6-/m1/s1. The number of urea groups is 1. The summed E-state index contributed by atoms with van der Waals surface area (Å²) in [5.74, 6) is -0.518. The van der Waals surface area contributed by atoms with E-state index in [0.29, 0.717) is 11.6 Å². The van der Waals surface area contributed by atoms with Crippen molar-refractivity contribution < 1.29 is 19.4 Å². The third-order valence-electron chi connectivity index (χ3n) is 2.24. The highest BCUT2D eigenvalue weighted by molar-refractivity contribution is 5.82. The highest BCUT2D eigenvalue weighted by Crippen LogP contribution is 2.10. The lowest BCUT2D eigenvalue weighted by molar-refractivity contribution is -0.138. The van der Waals surface area contributed by atoms with Gasteiger partial charge in [0, 0.05) is 13.1 Å². The molecule has 0 aliphatic carbocycles. The van der Waals surface area contributed by atoms with Crippen molar-refractivity contribution >= 4 is 12.0 Å². The summed E-state index contributed by atoms with van der Waals surface area (Å²) in [7, 11) is 3.24. The predicted octanol–water partition coefficient (Wildman–Crippen LogP) is -0.299. The molecule has 100 valence electrons. The molecule has 0 saturated carbocycles. The fraction of sp³-hybridized carbons (Fsp3) is 0.500. The minimum atomic E-state index is -1.09. The average molecular weight is 256 g/mol. The molecule has 8 nitrogen and oxygen atoms in total. The Morgan fingerprint density at radius 2 is 2.28 bits per heavy atom. The van der Waals surface area contributed by atoms with Gasteiger partial charge in [0.05, 0.1) is 19.3 Å². The monoisotopic (exact) mass is 256 g/mol. The van der Waals surface area contributed by atoms with Crippen LogP contribution in [0.2, 0.25) is 0 Å². The van der Waals surface area contributed by atoms with Crippen LogP contribution in [0.4, 0.5) is 4.79 Å². The Morgan fingerprint density at radius 3 is 2.78 bits per heavy atom. The van der Waals surface area contributed by atoms with Crippen LogP contribution < -0.4 is 15.4 Å². The molecule has 0 unspecified atom stereocenters. The van der Waals surface area contributed by atoms with Crippen molar-refractivity contribution in [1.29, 1.82) is 0 Å². The maximum atomic E-state index is 11.3. The number of nitrogens with one attached hydrogen (secondary N) is 2. The van der Waals surface area contributed by atoms with Crippen molar-refractivity contribution in [2.75, 3.05) is 7.11 Å². The van der Waals surface area contributed by atoms with Gasteiger partial charge >= 0.3 is 12.0 Å². The van der Waals surface area contributed by atoms with Crippen molar-refractivity contribution in [2.24, 2.45) is 7.05 Å². The summed E-state index contributed by atoms with van der Waals surface area (Å²) in [4.78, 5) is 21.9. The van der Waals surface area contributed by atoms with E-state index in [9.17, 15) is 9.59 Å². The topological polar surface area (TPSA) is 105 Å². The number of aromatic nitrogens is 2. The van der Waals surface area contributed by atoms with Crippen molar-refractivity contribution in [3.05, 3.63) is 11.8 Å². The number of ether oxygens (including phenoxy) is 1. The lowest BCUT2D eigenvalue weighted by atomic mass is 10.3. The van der Waals surface area contributed by atoms with Crippen molar-refractivity contribution in [3.63, 3.8) is 0 Å². The summed E-state index contributed by atoms with van der Waals surface area (Å²) in [5.41, 5.74) is 0.618. The highest BCUT2D eigenvalue weighted by Gasteiger charge is 2.14. The van der Waals surface area contributed by atoms with E-state index in [2.05, 4.69) is 15.7 Å². The minimum absolute atomic E-state index is 0.190. The number of methoxy groups -OCH3 is 1. The molecule has 8 heteroatoms. The molecular weight excluding hydrogens is 240 g/mol. The Morgan fingerprint density at radius 1 is 1.61 bits per heavy atom. The first-order chi connectivity index (χ1) is 8.43. The maximum absolute atomic E-state index is 11.3. The molecule has 0 saturated heterocycles. The molecule has 3 N–H and O–H groups in total. The van der Waals surface area contributed by atoms with Gasteiger partial charge in [-0.15, -0.1) is 0 Å². The molecule has 0 fully saturated rings. The fourth-order valence-electron chi connectivity index (χ4n) is 1.26. The number of carboxylic acid groups (broad SMARTS) is 1. The van der Waals surface area contributed by atoms with E-state index in [1.807, 2.05) is 0 Å². The molecule has 0 aliphatic rings. The molecule has 1 rings (SSSR count). The molecule has 1 heterocycles. The molecule has 0 aliphatic heterocycles. The van der Waals surface area contributed by atoms with E-state index < -0.39 is 18.0 Å². The van der Waals surface area contributed by atoms with Gasteiger partial charge in [0.1, 0.15) is 6.04 Å². The van der Waals surface area contributed by atoms with Crippen LogP contribution in [0, 0.1) is 0 Å². The Bertz CT molecular complexity index is 443. The molecule has 1 atom stereocenters. The quantitative estimate of drug-likeness (QED) is 0.670. The summed E-state index contributed by atoms with van der Waals surface area (Å²) >= 11 is 0. The SMILES string of the molecule is COc1cc(CNC(=O)N[C@H](C)C(=O)O)nn1C. The predicted molar refractivity (Wildman–Crippen MR) is 62.2 cm³/mol. The van der Waals surface area contributed by atoms with Crippen LogP contribution >= 0.6 is 0 Å². The first-order valence-electron chi connectivity index (χ1n) is 5.28. The number of hydrogen-bond acceptors (Lipinski definition) is 4. The molecular formula is C10H16N4O4. The van der Waals surface area contributed by atoms with Gasteiger partial charge in [-0.2, -0.15) is 5.10 Å². The maximum Gasteiger partial charge on any atom is 0.325 e. The van der Waals surface area contributed by atoms with Gasteiger partial charge in [0.25, 0.3) is 0 Å². The third-order valence-corrected chi connectivity index (χ3v) is 2.24. The minimum Gasteiger partial charge on any atom is -0.481 e. The third kappa shape index (κ3) is 3.65. The lowest BCUT2D eigenvalue weighted by Crippen LogP contribution is -2.44. The first kappa shape index (κ1) is 13.8. The van der Waals surface area contributed by atoms with E-state index >= 15 is 0 Å². The van der Waals surface area contributed by atoms with Gasteiger partial charge in [-0.3, -0.25) is 4.79 Å². The zero-order chi connectivity index (χ0) is 13.7. The number of carbonyl (C=O) groups is 2. The van der Waals surface area contributed by atoms with E-state index in [4.69, 9.17) is 9.84 Å². The second-order valence-corrected chi connectivity index (χ2v) is 3.69. The summed E-state index contributed by atoms with van der Waals surface area (Å²) in [6.07, 6.45) is 0. The molecule has 18 heavy (non-hydrogen) atoms. The molecule has 2 amide bonds. The van der Waals surface area contributed by atoms with Crippen molar-refractivity contribution in [3.8, 4) is 5.88 Å². The Kier molecular flexibility index (Phi) is 4.52.